The zero-order valence-corrected chi connectivity index (χ0v) is 10.9. The van der Waals surface area contributed by atoms with Gasteiger partial charge < -0.3 is 5.32 Å². The molecule has 0 fully saturated rings. The van der Waals surface area contributed by atoms with Crippen LogP contribution in [0.15, 0.2) is 65.7 Å². The van der Waals surface area contributed by atoms with Gasteiger partial charge in [0.1, 0.15) is 0 Å². The van der Waals surface area contributed by atoms with E-state index in [1.807, 2.05) is 6.34 Å². The first-order chi connectivity index (χ1) is 9.42. The number of nitrogens with zero attached hydrogens (tertiary/aromatic N) is 1. The summed E-state index contributed by atoms with van der Waals surface area (Å²) in [7, 11) is 0. The molecule has 2 unspecified atom stereocenters. The third-order valence-electron chi connectivity index (χ3n) is 3.61. The fourth-order valence-electron chi connectivity index (χ4n) is 2.56. The standard InChI is InChI=1S/C17H18N2/c1-3-7-14(8-4-1)11-16-17(19-13-18-16)12-15-9-5-2-6-10-15/h1-10,13,16-17H,11-12H2,(H,18,19). The molecule has 0 aromatic heterocycles. The molecule has 0 spiro atoms. The Kier molecular flexibility index (Phi) is 3.59. The Labute approximate surface area is 114 Å². The fraction of sp³-hybridized carbons (Fsp3) is 0.235. The van der Waals surface area contributed by atoms with Crippen LogP contribution < -0.4 is 5.32 Å². The Balaban J connectivity index is 1.66. The van der Waals surface area contributed by atoms with Crippen molar-refractivity contribution in [3.05, 3.63) is 71.8 Å². The summed E-state index contributed by atoms with van der Waals surface area (Å²) in [6.07, 6.45) is 3.89. The summed E-state index contributed by atoms with van der Waals surface area (Å²) >= 11 is 0. The molecule has 2 aromatic rings. The van der Waals surface area contributed by atoms with Gasteiger partial charge in [0.25, 0.3) is 0 Å². The maximum atomic E-state index is 4.57. The van der Waals surface area contributed by atoms with E-state index in [0.29, 0.717) is 12.1 Å². The van der Waals surface area contributed by atoms with Crippen molar-refractivity contribution < 1.29 is 0 Å². The van der Waals surface area contributed by atoms with Gasteiger partial charge >= 0.3 is 0 Å². The summed E-state index contributed by atoms with van der Waals surface area (Å²) in [5, 5.41) is 3.38. The van der Waals surface area contributed by atoms with Gasteiger partial charge in [-0.2, -0.15) is 0 Å². The molecule has 2 atom stereocenters. The summed E-state index contributed by atoms with van der Waals surface area (Å²) in [6, 6.07) is 21.9. The van der Waals surface area contributed by atoms with E-state index in [4.69, 9.17) is 0 Å². The van der Waals surface area contributed by atoms with Gasteiger partial charge in [0.2, 0.25) is 0 Å². The fourth-order valence-corrected chi connectivity index (χ4v) is 2.56. The van der Waals surface area contributed by atoms with Crippen LogP contribution in [0.25, 0.3) is 0 Å². The highest BCUT2D eigenvalue weighted by Gasteiger charge is 2.24. The normalized spacial score (nSPS) is 21.3. The lowest BCUT2D eigenvalue weighted by molar-refractivity contribution is 0.519. The Bertz CT molecular complexity index is 534. The monoisotopic (exact) mass is 250 g/mol. The minimum atomic E-state index is 0.336. The Morgan fingerprint density at radius 3 is 2.00 bits per heavy atom. The van der Waals surface area contributed by atoms with Crippen molar-refractivity contribution >= 4 is 6.34 Å². The second-order valence-electron chi connectivity index (χ2n) is 5.00. The van der Waals surface area contributed by atoms with E-state index in [9.17, 15) is 0 Å². The number of hydrogen-bond acceptors (Lipinski definition) is 2. The molecule has 0 saturated heterocycles. The van der Waals surface area contributed by atoms with E-state index in [1.54, 1.807) is 0 Å². The van der Waals surface area contributed by atoms with Gasteiger partial charge in [-0.3, -0.25) is 4.99 Å². The molecular formula is C17H18N2. The first-order valence-electron chi connectivity index (χ1n) is 6.77. The van der Waals surface area contributed by atoms with E-state index in [0.717, 1.165) is 12.8 Å². The van der Waals surface area contributed by atoms with Crippen molar-refractivity contribution in [1.29, 1.82) is 0 Å². The predicted molar refractivity (Wildman–Crippen MR) is 79.5 cm³/mol. The summed E-state index contributed by atoms with van der Waals surface area (Å²) < 4.78 is 0. The Morgan fingerprint density at radius 2 is 1.37 bits per heavy atom. The Hall–Kier alpha value is -2.09. The van der Waals surface area contributed by atoms with Gasteiger partial charge in [0.05, 0.1) is 18.4 Å². The molecule has 96 valence electrons. The van der Waals surface area contributed by atoms with Crippen LogP contribution in [0.4, 0.5) is 0 Å². The number of rotatable bonds is 4. The average Bonchev–Trinajstić information content (AvgIpc) is 2.88. The molecule has 19 heavy (non-hydrogen) atoms. The average molecular weight is 250 g/mol. The molecule has 1 aliphatic rings. The van der Waals surface area contributed by atoms with Crippen LogP contribution in [0.1, 0.15) is 11.1 Å². The first kappa shape index (κ1) is 12.0. The molecule has 1 N–H and O–H groups in total. The third-order valence-corrected chi connectivity index (χ3v) is 3.61. The molecule has 0 radical (unpaired) electrons. The topological polar surface area (TPSA) is 24.4 Å². The molecule has 2 nitrogen and oxygen atoms in total. The van der Waals surface area contributed by atoms with Crippen molar-refractivity contribution in [2.75, 3.05) is 0 Å². The van der Waals surface area contributed by atoms with E-state index < -0.39 is 0 Å². The maximum absolute atomic E-state index is 4.57. The minimum Gasteiger partial charge on any atom is -0.371 e. The highest BCUT2D eigenvalue weighted by molar-refractivity contribution is 5.58. The second kappa shape index (κ2) is 5.70. The van der Waals surface area contributed by atoms with E-state index in [1.165, 1.54) is 11.1 Å². The maximum Gasteiger partial charge on any atom is 0.0831 e. The minimum absolute atomic E-state index is 0.336. The predicted octanol–water partition coefficient (Wildman–Crippen LogP) is 2.84. The summed E-state index contributed by atoms with van der Waals surface area (Å²) in [4.78, 5) is 4.57. The molecule has 0 bridgehead atoms. The molecule has 0 aliphatic carbocycles. The molecule has 2 heteroatoms. The van der Waals surface area contributed by atoms with Gasteiger partial charge in [-0.25, -0.2) is 0 Å². The van der Waals surface area contributed by atoms with Crippen LogP contribution in [0, 0.1) is 0 Å². The van der Waals surface area contributed by atoms with Gasteiger partial charge in [-0.1, -0.05) is 60.7 Å². The van der Waals surface area contributed by atoms with Crippen molar-refractivity contribution in [3.63, 3.8) is 0 Å². The Morgan fingerprint density at radius 1 is 0.789 bits per heavy atom. The van der Waals surface area contributed by atoms with Gasteiger partial charge in [0.15, 0.2) is 0 Å². The number of hydrogen-bond donors (Lipinski definition) is 1. The lowest BCUT2D eigenvalue weighted by atomic mass is 9.95. The van der Waals surface area contributed by atoms with Crippen molar-refractivity contribution in [1.82, 2.24) is 5.32 Å². The van der Waals surface area contributed by atoms with Crippen LogP contribution >= 0.6 is 0 Å². The zero-order chi connectivity index (χ0) is 12.9. The summed E-state index contributed by atoms with van der Waals surface area (Å²) in [5.41, 5.74) is 2.72. The summed E-state index contributed by atoms with van der Waals surface area (Å²) in [6.45, 7) is 0. The molecular weight excluding hydrogens is 232 g/mol. The lowest BCUT2D eigenvalue weighted by Crippen LogP contribution is -2.35. The highest BCUT2D eigenvalue weighted by atomic mass is 15.1. The quantitative estimate of drug-likeness (QED) is 0.886. The van der Waals surface area contributed by atoms with Gasteiger partial charge in [0, 0.05) is 0 Å². The van der Waals surface area contributed by atoms with Crippen LogP contribution in [0.2, 0.25) is 0 Å². The zero-order valence-electron chi connectivity index (χ0n) is 10.9. The van der Waals surface area contributed by atoms with E-state index in [-0.39, 0.29) is 0 Å². The largest absolute Gasteiger partial charge is 0.371 e. The van der Waals surface area contributed by atoms with Gasteiger partial charge in [-0.15, -0.1) is 0 Å². The molecule has 2 aromatic carbocycles. The molecule has 1 heterocycles. The first-order valence-corrected chi connectivity index (χ1v) is 6.77. The van der Waals surface area contributed by atoms with Crippen molar-refractivity contribution in [2.45, 2.75) is 24.9 Å². The second-order valence-corrected chi connectivity index (χ2v) is 5.00. The summed E-state index contributed by atoms with van der Waals surface area (Å²) in [5.74, 6) is 0. The van der Waals surface area contributed by atoms with Crippen LogP contribution in [-0.2, 0) is 12.8 Å². The van der Waals surface area contributed by atoms with Gasteiger partial charge in [-0.05, 0) is 24.0 Å². The van der Waals surface area contributed by atoms with E-state index in [2.05, 4.69) is 71.0 Å². The van der Waals surface area contributed by atoms with Crippen molar-refractivity contribution in [3.8, 4) is 0 Å². The molecule has 0 amide bonds. The molecule has 3 rings (SSSR count). The molecule has 1 aliphatic heterocycles. The number of nitrogens with one attached hydrogen (secondary N) is 1. The van der Waals surface area contributed by atoms with E-state index >= 15 is 0 Å². The highest BCUT2D eigenvalue weighted by Crippen LogP contribution is 2.15. The van der Waals surface area contributed by atoms with Crippen molar-refractivity contribution in [2.24, 2.45) is 4.99 Å². The smallest absolute Gasteiger partial charge is 0.0831 e. The molecule has 0 saturated carbocycles. The number of aliphatic imine (C=N–C) groups is 1. The van der Waals surface area contributed by atoms with Crippen LogP contribution in [0.5, 0.6) is 0 Å². The van der Waals surface area contributed by atoms with Crippen LogP contribution in [-0.4, -0.2) is 18.4 Å². The SMILES string of the molecule is C1=NC(Cc2ccccc2)C(Cc2ccccc2)N1. The van der Waals surface area contributed by atoms with Crippen LogP contribution in [0.3, 0.4) is 0 Å². The number of benzene rings is 2. The third kappa shape index (κ3) is 3.02. The lowest BCUT2D eigenvalue weighted by Gasteiger charge is -2.18.